The average molecular weight is 286 g/mol. The Morgan fingerprint density at radius 2 is 2.10 bits per heavy atom. The van der Waals surface area contributed by atoms with Crippen LogP contribution in [0.3, 0.4) is 0 Å². The number of hydrogen-bond acceptors (Lipinski definition) is 3. The van der Waals surface area contributed by atoms with Crippen molar-refractivity contribution in [3.05, 3.63) is 51.7 Å². The molecule has 0 saturated carbocycles. The summed E-state index contributed by atoms with van der Waals surface area (Å²) in [5, 5.41) is 2.11. The fourth-order valence-corrected chi connectivity index (χ4v) is 4.03. The molecule has 1 aliphatic rings. The minimum atomic E-state index is -0.592. The molecule has 3 rings (SSSR count). The van der Waals surface area contributed by atoms with E-state index in [0.717, 1.165) is 35.5 Å². The maximum Gasteiger partial charge on any atom is 0.327 e. The number of para-hydroxylation sites is 1. The summed E-state index contributed by atoms with van der Waals surface area (Å²) in [6.07, 6.45) is 2.90. The van der Waals surface area contributed by atoms with Crippen LogP contribution in [-0.4, -0.2) is 5.97 Å². The SMILES string of the molecule is CCCCC1(c2cc(C)cs2)C(=O)Oc2ccccc21. The monoisotopic (exact) mass is 286 g/mol. The van der Waals surface area contributed by atoms with Crippen LogP contribution in [0.5, 0.6) is 5.75 Å². The summed E-state index contributed by atoms with van der Waals surface area (Å²) in [6, 6.07) is 9.96. The number of hydrogen-bond donors (Lipinski definition) is 0. The van der Waals surface area contributed by atoms with E-state index in [1.165, 1.54) is 5.56 Å². The van der Waals surface area contributed by atoms with Crippen molar-refractivity contribution in [1.82, 2.24) is 0 Å². The van der Waals surface area contributed by atoms with Gasteiger partial charge in [0.25, 0.3) is 0 Å². The third-order valence-corrected chi connectivity index (χ3v) is 5.16. The van der Waals surface area contributed by atoms with Crippen molar-refractivity contribution in [2.24, 2.45) is 0 Å². The zero-order valence-electron chi connectivity index (χ0n) is 11.8. The summed E-state index contributed by atoms with van der Waals surface area (Å²) in [6.45, 7) is 4.22. The number of esters is 1. The van der Waals surface area contributed by atoms with Crippen LogP contribution in [0.2, 0.25) is 0 Å². The van der Waals surface area contributed by atoms with Crippen LogP contribution in [0.15, 0.2) is 35.7 Å². The fraction of sp³-hybridized carbons (Fsp3) is 0.353. The molecule has 0 spiro atoms. The highest BCUT2D eigenvalue weighted by Gasteiger charge is 2.50. The minimum Gasteiger partial charge on any atom is -0.425 e. The summed E-state index contributed by atoms with van der Waals surface area (Å²) >= 11 is 1.66. The Bertz CT molecular complexity index is 644. The minimum absolute atomic E-state index is 0.117. The molecule has 2 heterocycles. The standard InChI is InChI=1S/C17H18O2S/c1-3-4-9-17(15-10-12(2)11-20-15)13-7-5-6-8-14(13)19-16(17)18/h5-8,10-11H,3-4,9H2,1-2H3. The van der Waals surface area contributed by atoms with Gasteiger partial charge in [0.1, 0.15) is 11.2 Å². The van der Waals surface area contributed by atoms with Crippen LogP contribution >= 0.6 is 11.3 Å². The van der Waals surface area contributed by atoms with Crippen molar-refractivity contribution in [3.63, 3.8) is 0 Å². The van der Waals surface area contributed by atoms with E-state index >= 15 is 0 Å². The van der Waals surface area contributed by atoms with Gasteiger partial charge in [0.2, 0.25) is 0 Å². The molecule has 20 heavy (non-hydrogen) atoms. The van der Waals surface area contributed by atoms with Crippen molar-refractivity contribution in [1.29, 1.82) is 0 Å². The quantitative estimate of drug-likeness (QED) is 0.613. The third-order valence-electron chi connectivity index (χ3n) is 3.95. The lowest BCUT2D eigenvalue weighted by Crippen LogP contribution is -2.34. The molecular formula is C17H18O2S. The zero-order chi connectivity index (χ0) is 14.2. The van der Waals surface area contributed by atoms with E-state index in [4.69, 9.17) is 4.74 Å². The van der Waals surface area contributed by atoms with E-state index in [0.29, 0.717) is 0 Å². The van der Waals surface area contributed by atoms with Gasteiger partial charge in [-0.15, -0.1) is 11.3 Å². The summed E-state index contributed by atoms with van der Waals surface area (Å²) < 4.78 is 5.55. The number of benzene rings is 1. The summed E-state index contributed by atoms with van der Waals surface area (Å²) in [5.41, 5.74) is 1.64. The molecule has 1 aromatic carbocycles. The first kappa shape index (κ1) is 13.4. The highest BCUT2D eigenvalue weighted by molar-refractivity contribution is 7.10. The van der Waals surface area contributed by atoms with Gasteiger partial charge in [0.05, 0.1) is 0 Å². The Morgan fingerprint density at radius 1 is 1.30 bits per heavy atom. The molecule has 1 unspecified atom stereocenters. The normalized spacial score (nSPS) is 20.8. The molecule has 104 valence electrons. The van der Waals surface area contributed by atoms with Gasteiger partial charge in [0.15, 0.2) is 0 Å². The summed E-state index contributed by atoms with van der Waals surface area (Å²) in [4.78, 5) is 13.8. The van der Waals surface area contributed by atoms with E-state index < -0.39 is 5.41 Å². The fourth-order valence-electron chi connectivity index (χ4n) is 2.90. The maximum atomic E-state index is 12.7. The number of carbonyl (C=O) groups excluding carboxylic acids is 1. The molecule has 2 nitrogen and oxygen atoms in total. The average Bonchev–Trinajstić information content (AvgIpc) is 2.99. The molecule has 0 bridgehead atoms. The van der Waals surface area contributed by atoms with Crippen molar-refractivity contribution in [3.8, 4) is 5.75 Å². The van der Waals surface area contributed by atoms with Crippen LogP contribution in [0.25, 0.3) is 0 Å². The second kappa shape index (κ2) is 5.06. The van der Waals surface area contributed by atoms with Crippen LogP contribution in [0, 0.1) is 6.92 Å². The van der Waals surface area contributed by atoms with E-state index in [1.54, 1.807) is 11.3 Å². The molecule has 2 aromatic rings. The number of aryl methyl sites for hydroxylation is 1. The molecule has 0 N–H and O–H groups in total. The lowest BCUT2D eigenvalue weighted by atomic mass is 9.76. The van der Waals surface area contributed by atoms with Crippen molar-refractivity contribution >= 4 is 17.3 Å². The predicted molar refractivity (Wildman–Crippen MR) is 81.4 cm³/mol. The number of carbonyl (C=O) groups is 1. The molecule has 0 radical (unpaired) electrons. The summed E-state index contributed by atoms with van der Waals surface area (Å²) in [7, 11) is 0. The van der Waals surface area contributed by atoms with Crippen molar-refractivity contribution in [2.75, 3.05) is 0 Å². The highest BCUT2D eigenvalue weighted by Crippen LogP contribution is 2.49. The largest absolute Gasteiger partial charge is 0.425 e. The number of unbranched alkanes of at least 4 members (excludes halogenated alkanes) is 1. The maximum absolute atomic E-state index is 12.7. The molecule has 1 atom stereocenters. The lowest BCUT2D eigenvalue weighted by molar-refractivity contribution is -0.137. The molecule has 1 aromatic heterocycles. The molecule has 0 fully saturated rings. The molecule has 0 amide bonds. The smallest absolute Gasteiger partial charge is 0.327 e. The summed E-state index contributed by atoms with van der Waals surface area (Å²) in [5.74, 6) is 0.605. The van der Waals surface area contributed by atoms with Gasteiger partial charge in [-0.2, -0.15) is 0 Å². The van der Waals surface area contributed by atoms with Crippen LogP contribution in [0.4, 0.5) is 0 Å². The Morgan fingerprint density at radius 3 is 2.80 bits per heavy atom. The van der Waals surface area contributed by atoms with Gasteiger partial charge in [0, 0.05) is 10.4 Å². The molecule has 0 saturated heterocycles. The number of ether oxygens (including phenoxy) is 1. The van der Waals surface area contributed by atoms with Gasteiger partial charge in [-0.3, -0.25) is 4.79 Å². The predicted octanol–water partition coefficient (Wildman–Crippen LogP) is 4.45. The molecule has 3 heteroatoms. The highest BCUT2D eigenvalue weighted by atomic mass is 32.1. The Balaban J connectivity index is 2.18. The molecular weight excluding hydrogens is 268 g/mol. The second-order valence-electron chi connectivity index (χ2n) is 5.38. The van der Waals surface area contributed by atoms with Gasteiger partial charge < -0.3 is 4.74 Å². The van der Waals surface area contributed by atoms with Crippen LogP contribution in [0.1, 0.15) is 42.2 Å². The Hall–Kier alpha value is -1.61. The Kier molecular flexibility index (Phi) is 3.38. The zero-order valence-corrected chi connectivity index (χ0v) is 12.6. The van der Waals surface area contributed by atoms with Gasteiger partial charge in [-0.1, -0.05) is 38.0 Å². The van der Waals surface area contributed by atoms with Crippen molar-refractivity contribution < 1.29 is 9.53 Å². The van der Waals surface area contributed by atoms with Crippen LogP contribution in [-0.2, 0) is 10.2 Å². The number of fused-ring (bicyclic) bond motifs is 1. The second-order valence-corrected chi connectivity index (χ2v) is 6.29. The van der Waals surface area contributed by atoms with E-state index in [1.807, 2.05) is 24.3 Å². The van der Waals surface area contributed by atoms with Gasteiger partial charge in [-0.05, 0) is 36.4 Å². The Labute approximate surface area is 123 Å². The first-order chi connectivity index (χ1) is 9.68. The van der Waals surface area contributed by atoms with Crippen molar-refractivity contribution in [2.45, 2.75) is 38.5 Å². The molecule has 0 aliphatic carbocycles. The van der Waals surface area contributed by atoms with E-state index in [-0.39, 0.29) is 5.97 Å². The number of rotatable bonds is 4. The van der Waals surface area contributed by atoms with Gasteiger partial charge in [-0.25, -0.2) is 0 Å². The first-order valence-corrected chi connectivity index (χ1v) is 7.94. The van der Waals surface area contributed by atoms with Gasteiger partial charge >= 0.3 is 5.97 Å². The molecule has 1 aliphatic heterocycles. The first-order valence-electron chi connectivity index (χ1n) is 7.06. The van der Waals surface area contributed by atoms with Crippen LogP contribution < -0.4 is 4.74 Å². The van der Waals surface area contributed by atoms with E-state index in [9.17, 15) is 4.79 Å². The number of thiophene rings is 1. The lowest BCUT2D eigenvalue weighted by Gasteiger charge is -2.24. The third kappa shape index (κ3) is 1.88. The topological polar surface area (TPSA) is 26.3 Å². The van der Waals surface area contributed by atoms with E-state index in [2.05, 4.69) is 25.3 Å².